The first-order chi connectivity index (χ1) is 3.81. The Morgan fingerprint density at radius 1 is 1.62 bits per heavy atom. The molecule has 0 aliphatic carbocycles. The smallest absolute Gasteiger partial charge is 0.0598 e. The SMILES string of the molecule is CCN(S)CCOC. The average Bonchev–Trinajstić information content (AvgIpc) is 1.83. The third-order valence-corrected chi connectivity index (χ3v) is 1.40. The van der Waals surface area contributed by atoms with Crippen LogP contribution in [-0.2, 0) is 4.74 Å². The molecule has 0 atom stereocenters. The molecule has 0 rings (SSSR count). The molecule has 2 nitrogen and oxygen atoms in total. The summed E-state index contributed by atoms with van der Waals surface area (Å²) in [6, 6.07) is 0. The van der Waals surface area contributed by atoms with E-state index < -0.39 is 0 Å². The van der Waals surface area contributed by atoms with Gasteiger partial charge in [0.1, 0.15) is 0 Å². The van der Waals surface area contributed by atoms with E-state index in [1.54, 1.807) is 7.11 Å². The Balaban J connectivity index is 2.86. The van der Waals surface area contributed by atoms with Crippen molar-refractivity contribution in [2.75, 3.05) is 26.8 Å². The molecule has 0 saturated carbocycles. The van der Waals surface area contributed by atoms with Gasteiger partial charge < -0.3 is 4.74 Å². The van der Waals surface area contributed by atoms with Crippen molar-refractivity contribution >= 4 is 12.8 Å². The molecule has 0 aromatic heterocycles. The Labute approximate surface area is 56.4 Å². The second-order valence-corrected chi connectivity index (χ2v) is 2.10. The van der Waals surface area contributed by atoms with Gasteiger partial charge in [-0.3, -0.25) is 4.31 Å². The van der Waals surface area contributed by atoms with Crippen LogP contribution in [-0.4, -0.2) is 31.1 Å². The molecular weight excluding hydrogens is 122 g/mol. The van der Waals surface area contributed by atoms with E-state index in [0.717, 1.165) is 19.7 Å². The lowest BCUT2D eigenvalue weighted by Crippen LogP contribution is -2.16. The van der Waals surface area contributed by atoms with Crippen molar-refractivity contribution in [1.29, 1.82) is 0 Å². The second kappa shape index (κ2) is 5.41. The Kier molecular flexibility index (Phi) is 5.59. The third-order valence-electron chi connectivity index (χ3n) is 0.919. The number of methoxy groups -OCH3 is 1. The fourth-order valence-electron chi connectivity index (χ4n) is 0.355. The summed E-state index contributed by atoms with van der Waals surface area (Å²) in [6.45, 7) is 4.68. The van der Waals surface area contributed by atoms with Gasteiger partial charge in [-0.15, -0.1) is 0 Å². The number of likely N-dealkylation sites (N-methyl/N-ethyl adjacent to an activating group) is 1. The Morgan fingerprint density at radius 3 is 2.62 bits per heavy atom. The lowest BCUT2D eigenvalue weighted by Gasteiger charge is -2.09. The van der Waals surface area contributed by atoms with Crippen LogP contribution in [0.25, 0.3) is 0 Å². The minimum absolute atomic E-state index is 0.761. The molecule has 0 aromatic rings. The highest BCUT2D eigenvalue weighted by molar-refractivity contribution is 7.77. The summed E-state index contributed by atoms with van der Waals surface area (Å²) in [4.78, 5) is 0. The molecule has 0 saturated heterocycles. The molecule has 0 aliphatic rings. The maximum atomic E-state index is 4.82. The molecule has 0 bridgehead atoms. The van der Waals surface area contributed by atoms with E-state index >= 15 is 0 Å². The summed E-state index contributed by atoms with van der Waals surface area (Å²) >= 11 is 4.12. The molecule has 0 unspecified atom stereocenters. The minimum atomic E-state index is 0.761. The fraction of sp³-hybridized carbons (Fsp3) is 1.00. The standard InChI is InChI=1S/C5H13NOS/c1-3-6(8)4-5-7-2/h8H,3-5H2,1-2H3. The van der Waals surface area contributed by atoms with Gasteiger partial charge in [0.05, 0.1) is 6.61 Å². The zero-order chi connectivity index (χ0) is 6.41. The molecule has 50 valence electrons. The van der Waals surface area contributed by atoms with E-state index in [9.17, 15) is 0 Å². The van der Waals surface area contributed by atoms with Gasteiger partial charge in [0, 0.05) is 20.2 Å². The maximum absolute atomic E-state index is 4.82. The lowest BCUT2D eigenvalue weighted by atomic mass is 10.6. The first-order valence-electron chi connectivity index (χ1n) is 2.74. The van der Waals surface area contributed by atoms with Gasteiger partial charge in [0.25, 0.3) is 0 Å². The summed E-state index contributed by atoms with van der Waals surface area (Å²) in [6.07, 6.45) is 0. The monoisotopic (exact) mass is 135 g/mol. The number of hydrogen-bond donors (Lipinski definition) is 1. The van der Waals surface area contributed by atoms with Crippen molar-refractivity contribution in [2.45, 2.75) is 6.92 Å². The highest BCUT2D eigenvalue weighted by atomic mass is 32.1. The number of hydrogen-bond acceptors (Lipinski definition) is 3. The van der Waals surface area contributed by atoms with E-state index in [4.69, 9.17) is 4.74 Å². The van der Waals surface area contributed by atoms with Gasteiger partial charge in [-0.2, -0.15) is 0 Å². The highest BCUT2D eigenvalue weighted by Gasteiger charge is 1.90. The van der Waals surface area contributed by atoms with Crippen LogP contribution in [0.2, 0.25) is 0 Å². The number of thiol groups is 1. The van der Waals surface area contributed by atoms with Gasteiger partial charge in [-0.1, -0.05) is 19.7 Å². The normalized spacial score (nSPS) is 10.5. The molecule has 8 heavy (non-hydrogen) atoms. The summed E-state index contributed by atoms with van der Waals surface area (Å²) in [7, 11) is 1.69. The largest absolute Gasteiger partial charge is 0.383 e. The van der Waals surface area contributed by atoms with Crippen LogP contribution in [0.3, 0.4) is 0 Å². The van der Waals surface area contributed by atoms with Gasteiger partial charge in [0.15, 0.2) is 0 Å². The molecule has 0 aromatic carbocycles. The quantitative estimate of drug-likeness (QED) is 0.572. The zero-order valence-electron chi connectivity index (χ0n) is 5.42. The van der Waals surface area contributed by atoms with E-state index in [2.05, 4.69) is 19.7 Å². The average molecular weight is 135 g/mol. The Hall–Kier alpha value is 0.270. The maximum Gasteiger partial charge on any atom is 0.0598 e. The summed E-state index contributed by atoms with van der Waals surface area (Å²) in [5.41, 5.74) is 0. The van der Waals surface area contributed by atoms with Crippen LogP contribution >= 0.6 is 12.8 Å². The van der Waals surface area contributed by atoms with Crippen molar-refractivity contribution in [1.82, 2.24) is 4.31 Å². The van der Waals surface area contributed by atoms with E-state index in [1.165, 1.54) is 0 Å². The molecule has 3 heteroatoms. The second-order valence-electron chi connectivity index (χ2n) is 1.54. The van der Waals surface area contributed by atoms with Gasteiger partial charge >= 0.3 is 0 Å². The predicted molar refractivity (Wildman–Crippen MR) is 38.1 cm³/mol. The van der Waals surface area contributed by atoms with Crippen LogP contribution in [0.15, 0.2) is 0 Å². The van der Waals surface area contributed by atoms with Crippen molar-refractivity contribution in [3.63, 3.8) is 0 Å². The van der Waals surface area contributed by atoms with Crippen LogP contribution < -0.4 is 0 Å². The van der Waals surface area contributed by atoms with Crippen molar-refractivity contribution in [3.05, 3.63) is 0 Å². The molecule has 0 N–H and O–H groups in total. The zero-order valence-corrected chi connectivity index (χ0v) is 6.32. The molecule has 0 heterocycles. The molecule has 0 fully saturated rings. The lowest BCUT2D eigenvalue weighted by molar-refractivity contribution is 0.184. The van der Waals surface area contributed by atoms with Crippen molar-refractivity contribution in [2.24, 2.45) is 0 Å². The molecule has 0 aliphatic heterocycles. The predicted octanol–water partition coefficient (Wildman–Crippen LogP) is 0.800. The topological polar surface area (TPSA) is 12.5 Å². The first-order valence-corrected chi connectivity index (χ1v) is 3.14. The Morgan fingerprint density at radius 2 is 2.25 bits per heavy atom. The fourth-order valence-corrected chi connectivity index (χ4v) is 0.436. The molecular formula is C5H13NOS. The summed E-state index contributed by atoms with van der Waals surface area (Å²) in [5.74, 6) is 0. The van der Waals surface area contributed by atoms with Gasteiger partial charge in [-0.05, 0) is 0 Å². The summed E-state index contributed by atoms with van der Waals surface area (Å²) in [5, 5.41) is 0. The third kappa shape index (κ3) is 4.43. The van der Waals surface area contributed by atoms with Crippen LogP contribution in [0.4, 0.5) is 0 Å². The van der Waals surface area contributed by atoms with Crippen LogP contribution in [0, 0.1) is 0 Å². The number of rotatable bonds is 4. The minimum Gasteiger partial charge on any atom is -0.383 e. The van der Waals surface area contributed by atoms with E-state index in [-0.39, 0.29) is 0 Å². The van der Waals surface area contributed by atoms with Crippen LogP contribution in [0.1, 0.15) is 6.92 Å². The Bertz CT molecular complexity index is 51.7. The summed E-state index contributed by atoms with van der Waals surface area (Å²) < 4.78 is 6.73. The molecule has 0 radical (unpaired) electrons. The van der Waals surface area contributed by atoms with Gasteiger partial charge in [-0.25, -0.2) is 0 Å². The van der Waals surface area contributed by atoms with E-state index in [1.807, 2.05) is 4.31 Å². The van der Waals surface area contributed by atoms with Crippen molar-refractivity contribution < 1.29 is 4.74 Å². The van der Waals surface area contributed by atoms with Crippen LogP contribution in [0.5, 0.6) is 0 Å². The van der Waals surface area contributed by atoms with Crippen molar-refractivity contribution in [3.8, 4) is 0 Å². The first kappa shape index (κ1) is 8.27. The highest BCUT2D eigenvalue weighted by Crippen LogP contribution is 1.89. The number of nitrogens with zero attached hydrogens (tertiary/aromatic N) is 1. The van der Waals surface area contributed by atoms with E-state index in [0.29, 0.717) is 0 Å². The molecule has 0 spiro atoms. The molecule has 0 amide bonds. The van der Waals surface area contributed by atoms with Gasteiger partial charge in [0.2, 0.25) is 0 Å². The number of ether oxygens (including phenoxy) is 1.